The van der Waals surface area contributed by atoms with E-state index in [4.69, 9.17) is 0 Å². The van der Waals surface area contributed by atoms with Crippen LogP contribution >= 0.6 is 0 Å². The first-order valence-corrected chi connectivity index (χ1v) is 6.22. The molecule has 1 heterocycles. The van der Waals surface area contributed by atoms with Gasteiger partial charge >= 0.3 is 0 Å². The standard InChI is InChI=1S/C16H17N/c1-11-8-14-10-16(13-6-4-3-5-7-13)17-15(14)9-12(11)2/h3-12,17H,1-2H3. The van der Waals surface area contributed by atoms with Crippen LogP contribution in [0.15, 0.2) is 36.4 Å². The fraction of sp³-hybridized carbons (Fsp3) is 0.250. The summed E-state index contributed by atoms with van der Waals surface area (Å²) < 4.78 is 0. The first kappa shape index (κ1) is 10.4. The number of hydrogen-bond donors (Lipinski definition) is 1. The lowest BCUT2D eigenvalue weighted by atomic mass is 9.91. The van der Waals surface area contributed by atoms with E-state index in [9.17, 15) is 0 Å². The van der Waals surface area contributed by atoms with Gasteiger partial charge in [-0.1, -0.05) is 56.3 Å². The maximum absolute atomic E-state index is 3.51. The molecular weight excluding hydrogens is 206 g/mol. The van der Waals surface area contributed by atoms with Crippen molar-refractivity contribution in [3.8, 4) is 11.3 Å². The zero-order chi connectivity index (χ0) is 11.8. The van der Waals surface area contributed by atoms with E-state index in [1.807, 2.05) is 0 Å². The number of fused-ring (bicyclic) bond motifs is 1. The molecule has 86 valence electrons. The molecule has 1 heteroatoms. The highest BCUT2D eigenvalue weighted by atomic mass is 14.7. The summed E-state index contributed by atoms with van der Waals surface area (Å²) in [5, 5.41) is 2.61. The Bertz CT molecular complexity index is 596. The van der Waals surface area contributed by atoms with Gasteiger partial charge in [-0.25, -0.2) is 0 Å². The number of benzene rings is 1. The number of aromatic amines is 1. The van der Waals surface area contributed by atoms with Crippen molar-refractivity contribution in [3.63, 3.8) is 0 Å². The second-order valence-corrected chi connectivity index (χ2v) is 4.97. The summed E-state index contributed by atoms with van der Waals surface area (Å²) in [7, 11) is 0. The van der Waals surface area contributed by atoms with Crippen molar-refractivity contribution in [1.82, 2.24) is 4.98 Å². The van der Waals surface area contributed by atoms with Gasteiger partial charge < -0.3 is 4.98 Å². The largest absolute Gasteiger partial charge is 0.355 e. The van der Waals surface area contributed by atoms with Gasteiger partial charge in [0.05, 0.1) is 0 Å². The molecule has 1 aliphatic rings. The minimum absolute atomic E-state index is 0.616. The Morgan fingerprint density at radius 3 is 2.41 bits per heavy atom. The van der Waals surface area contributed by atoms with E-state index in [2.05, 4.69) is 67.4 Å². The van der Waals surface area contributed by atoms with Gasteiger partial charge in [0, 0.05) is 11.0 Å². The van der Waals surface area contributed by atoms with Crippen molar-refractivity contribution < 1.29 is 0 Å². The van der Waals surface area contributed by atoms with Crippen molar-refractivity contribution in [3.05, 3.63) is 47.0 Å². The minimum Gasteiger partial charge on any atom is -0.355 e. The van der Waals surface area contributed by atoms with Gasteiger partial charge in [0.25, 0.3) is 0 Å². The van der Waals surface area contributed by atoms with Gasteiger partial charge in [0.2, 0.25) is 0 Å². The van der Waals surface area contributed by atoms with Gasteiger partial charge in [-0.15, -0.1) is 0 Å². The van der Waals surface area contributed by atoms with Crippen LogP contribution in [-0.4, -0.2) is 4.98 Å². The Morgan fingerprint density at radius 2 is 1.65 bits per heavy atom. The molecule has 0 spiro atoms. The van der Waals surface area contributed by atoms with Gasteiger partial charge in [-0.3, -0.25) is 0 Å². The lowest BCUT2D eigenvalue weighted by Crippen LogP contribution is -2.29. The van der Waals surface area contributed by atoms with Crippen molar-refractivity contribution in [2.45, 2.75) is 13.8 Å². The van der Waals surface area contributed by atoms with Crippen LogP contribution in [0.25, 0.3) is 23.4 Å². The maximum atomic E-state index is 3.51. The number of rotatable bonds is 1. The fourth-order valence-electron chi connectivity index (χ4n) is 2.39. The predicted molar refractivity (Wildman–Crippen MR) is 72.7 cm³/mol. The van der Waals surface area contributed by atoms with Crippen molar-refractivity contribution >= 4 is 12.2 Å². The lowest BCUT2D eigenvalue weighted by Gasteiger charge is -2.14. The lowest BCUT2D eigenvalue weighted by molar-refractivity contribution is 0.607. The SMILES string of the molecule is CC1C=c2cc(-c3ccccc3)[nH]c2=CC1C. The van der Waals surface area contributed by atoms with Crippen LogP contribution in [0.3, 0.4) is 0 Å². The topological polar surface area (TPSA) is 15.8 Å². The Morgan fingerprint density at radius 1 is 0.941 bits per heavy atom. The van der Waals surface area contributed by atoms with Crippen LogP contribution in [0.2, 0.25) is 0 Å². The summed E-state index contributed by atoms with van der Waals surface area (Å²) in [4.78, 5) is 3.51. The Kier molecular flexibility index (Phi) is 2.40. The molecule has 2 atom stereocenters. The third-order valence-corrected chi connectivity index (χ3v) is 3.67. The van der Waals surface area contributed by atoms with Gasteiger partial charge in [0.1, 0.15) is 0 Å². The summed E-state index contributed by atoms with van der Waals surface area (Å²) >= 11 is 0. The average molecular weight is 223 g/mol. The van der Waals surface area contributed by atoms with E-state index in [1.165, 1.54) is 21.8 Å². The number of H-pyrrole nitrogens is 1. The average Bonchev–Trinajstić information content (AvgIpc) is 2.74. The molecule has 3 rings (SSSR count). The summed E-state index contributed by atoms with van der Waals surface area (Å²) in [5.74, 6) is 1.24. The quantitative estimate of drug-likeness (QED) is 0.764. The molecular formula is C16H17N. The molecule has 1 aliphatic carbocycles. The van der Waals surface area contributed by atoms with Crippen molar-refractivity contribution in [2.24, 2.45) is 11.8 Å². The molecule has 1 aromatic heterocycles. The van der Waals surface area contributed by atoms with Crippen molar-refractivity contribution in [2.75, 3.05) is 0 Å². The maximum Gasteiger partial charge on any atom is 0.0464 e. The zero-order valence-electron chi connectivity index (χ0n) is 10.3. The summed E-state index contributed by atoms with van der Waals surface area (Å²) in [6.07, 6.45) is 4.70. The summed E-state index contributed by atoms with van der Waals surface area (Å²) in [6, 6.07) is 12.7. The number of aromatic nitrogens is 1. The highest BCUT2D eigenvalue weighted by Crippen LogP contribution is 2.17. The highest BCUT2D eigenvalue weighted by molar-refractivity contribution is 5.61. The van der Waals surface area contributed by atoms with Crippen molar-refractivity contribution in [1.29, 1.82) is 0 Å². The Hall–Kier alpha value is -1.76. The molecule has 1 N–H and O–H groups in total. The number of nitrogens with one attached hydrogen (secondary N) is 1. The minimum atomic E-state index is 0.616. The van der Waals surface area contributed by atoms with Crippen LogP contribution in [0.4, 0.5) is 0 Å². The monoisotopic (exact) mass is 223 g/mol. The second kappa shape index (κ2) is 3.92. The third-order valence-electron chi connectivity index (χ3n) is 3.67. The third kappa shape index (κ3) is 1.82. The highest BCUT2D eigenvalue weighted by Gasteiger charge is 2.12. The second-order valence-electron chi connectivity index (χ2n) is 4.97. The first-order valence-electron chi connectivity index (χ1n) is 6.22. The van der Waals surface area contributed by atoms with E-state index in [0.29, 0.717) is 11.8 Å². The van der Waals surface area contributed by atoms with Crippen LogP contribution in [-0.2, 0) is 0 Å². The van der Waals surface area contributed by atoms with Gasteiger partial charge in [-0.05, 0) is 28.7 Å². The fourth-order valence-corrected chi connectivity index (χ4v) is 2.39. The van der Waals surface area contributed by atoms with Crippen LogP contribution in [0.5, 0.6) is 0 Å². The van der Waals surface area contributed by atoms with E-state index in [1.54, 1.807) is 0 Å². The smallest absolute Gasteiger partial charge is 0.0464 e. The summed E-state index contributed by atoms with van der Waals surface area (Å²) in [6.45, 7) is 4.55. The van der Waals surface area contributed by atoms with Gasteiger partial charge in [0.15, 0.2) is 0 Å². The van der Waals surface area contributed by atoms with Crippen LogP contribution in [0, 0.1) is 11.8 Å². The molecule has 1 nitrogen and oxygen atoms in total. The molecule has 0 saturated heterocycles. The first-order chi connectivity index (χ1) is 8.24. The normalized spacial score (nSPS) is 22.5. The molecule has 0 radical (unpaired) electrons. The van der Waals surface area contributed by atoms with E-state index >= 15 is 0 Å². The predicted octanol–water partition coefficient (Wildman–Crippen LogP) is 2.53. The Balaban J connectivity index is 2.16. The molecule has 2 unspecified atom stereocenters. The molecule has 1 aromatic carbocycles. The molecule has 2 aromatic rings. The van der Waals surface area contributed by atoms with Crippen LogP contribution < -0.4 is 10.6 Å². The van der Waals surface area contributed by atoms with E-state index in [-0.39, 0.29) is 0 Å². The zero-order valence-corrected chi connectivity index (χ0v) is 10.3. The van der Waals surface area contributed by atoms with E-state index < -0.39 is 0 Å². The molecule has 0 fully saturated rings. The molecule has 0 bridgehead atoms. The molecule has 0 amide bonds. The molecule has 0 aliphatic heterocycles. The number of hydrogen-bond acceptors (Lipinski definition) is 0. The Labute approximate surface area is 102 Å². The van der Waals surface area contributed by atoms with Crippen LogP contribution in [0.1, 0.15) is 13.8 Å². The van der Waals surface area contributed by atoms with E-state index in [0.717, 1.165) is 0 Å². The summed E-state index contributed by atoms with van der Waals surface area (Å²) in [5.41, 5.74) is 2.47. The van der Waals surface area contributed by atoms with Gasteiger partial charge in [-0.2, -0.15) is 0 Å². The molecule has 17 heavy (non-hydrogen) atoms. The molecule has 0 saturated carbocycles.